The number of fused-ring (bicyclic) bond motifs is 2. The molecule has 3 heterocycles. The number of rotatable bonds is 5. The van der Waals surface area contributed by atoms with E-state index in [1.54, 1.807) is 0 Å². The Kier molecular flexibility index (Phi) is 5.75. The zero-order chi connectivity index (χ0) is 25.8. The molecule has 36 heavy (non-hydrogen) atoms. The number of nitrogens with zero attached hydrogens (tertiary/aromatic N) is 3. The molecule has 2 aromatic rings. The Labute approximate surface area is 206 Å². The molecule has 2 atom stereocenters. The third kappa shape index (κ3) is 4.41. The van der Waals surface area contributed by atoms with Gasteiger partial charge >= 0.3 is 0 Å². The number of amides is 1. The van der Waals surface area contributed by atoms with E-state index in [9.17, 15) is 31.1 Å². The Morgan fingerprint density at radius 3 is 2.72 bits per heavy atom. The predicted octanol–water partition coefficient (Wildman–Crippen LogP) is 2.13. The summed E-state index contributed by atoms with van der Waals surface area (Å²) in [5.74, 6) is -2.10. The van der Waals surface area contributed by atoms with Gasteiger partial charge in [-0.2, -0.15) is 8.42 Å². The number of hydrogen-bond acceptors (Lipinski definition) is 8. The number of sulfonamides is 2. The van der Waals surface area contributed by atoms with Crippen LogP contribution >= 0.6 is 0 Å². The first-order valence-corrected chi connectivity index (χ1v) is 14.3. The fraction of sp³-hybridized carbons (Fsp3) is 0.318. The molecule has 14 heteroatoms. The molecule has 3 N–H and O–H groups in total. The summed E-state index contributed by atoms with van der Waals surface area (Å²) < 4.78 is 68.4. The maximum atomic E-state index is 13.6. The third-order valence-electron chi connectivity index (χ3n) is 6.35. The Bertz CT molecular complexity index is 1540. The van der Waals surface area contributed by atoms with Crippen LogP contribution in [0.5, 0.6) is 0 Å². The van der Waals surface area contributed by atoms with Crippen molar-refractivity contribution in [1.82, 2.24) is 9.88 Å². The molecule has 3 aliphatic rings. The first kappa shape index (κ1) is 24.2. The number of aliphatic hydroxyl groups excluding tert-OH is 1. The molecule has 1 amide bonds. The molecule has 1 aliphatic carbocycles. The number of halogens is 1. The largest absolute Gasteiger partial charge is 0.511 e. The minimum atomic E-state index is -4.35. The highest BCUT2D eigenvalue weighted by molar-refractivity contribution is 7.92. The number of aliphatic hydroxyl groups is 1. The molecule has 190 valence electrons. The number of hydrogen-bond donors (Lipinski definition) is 3. The Morgan fingerprint density at radius 2 is 2.03 bits per heavy atom. The SMILES string of the molecule is CS(=O)(=O)Nc1ccc2c(c1)S(=O)(=O)N=C(C1=C(O)C3CCCC3N(Cc3ccc(F)cn3)C1=O)N2. The van der Waals surface area contributed by atoms with E-state index in [-0.39, 0.29) is 46.0 Å². The second-order valence-corrected chi connectivity index (χ2v) is 12.2. The van der Waals surface area contributed by atoms with Crippen molar-refractivity contribution in [2.75, 3.05) is 16.3 Å². The quantitative estimate of drug-likeness (QED) is 0.525. The Balaban J connectivity index is 1.53. The van der Waals surface area contributed by atoms with Crippen LogP contribution in [0.1, 0.15) is 25.0 Å². The van der Waals surface area contributed by atoms with Gasteiger partial charge in [0.1, 0.15) is 22.0 Å². The molecule has 0 spiro atoms. The summed E-state index contributed by atoms with van der Waals surface area (Å²) >= 11 is 0. The van der Waals surface area contributed by atoms with Crippen molar-refractivity contribution in [3.63, 3.8) is 0 Å². The highest BCUT2D eigenvalue weighted by Gasteiger charge is 2.46. The normalized spacial score (nSPS) is 23.0. The molecule has 1 fully saturated rings. The van der Waals surface area contributed by atoms with Gasteiger partial charge in [0.2, 0.25) is 10.0 Å². The minimum Gasteiger partial charge on any atom is -0.511 e. The van der Waals surface area contributed by atoms with E-state index in [0.29, 0.717) is 18.5 Å². The maximum Gasteiger partial charge on any atom is 0.286 e. The number of nitrogens with one attached hydrogen (secondary N) is 2. The van der Waals surface area contributed by atoms with Crippen molar-refractivity contribution in [2.45, 2.75) is 36.7 Å². The second kappa shape index (κ2) is 8.55. The Morgan fingerprint density at radius 1 is 1.25 bits per heavy atom. The van der Waals surface area contributed by atoms with Crippen LogP contribution in [0.3, 0.4) is 0 Å². The minimum absolute atomic E-state index is 0.0304. The van der Waals surface area contributed by atoms with E-state index >= 15 is 0 Å². The van der Waals surface area contributed by atoms with Crippen molar-refractivity contribution in [1.29, 1.82) is 0 Å². The van der Waals surface area contributed by atoms with Gasteiger partial charge in [0.25, 0.3) is 15.9 Å². The number of carbonyl (C=O) groups excluding carboxylic acids is 1. The molecule has 2 aliphatic heterocycles. The average molecular weight is 536 g/mol. The molecule has 2 unspecified atom stereocenters. The molecule has 1 aromatic heterocycles. The summed E-state index contributed by atoms with van der Waals surface area (Å²) in [6.45, 7) is 0.0498. The summed E-state index contributed by atoms with van der Waals surface area (Å²) in [4.78, 5) is 18.9. The van der Waals surface area contributed by atoms with Crippen LogP contribution in [-0.4, -0.2) is 55.9 Å². The van der Waals surface area contributed by atoms with E-state index in [4.69, 9.17) is 0 Å². The molecule has 1 saturated carbocycles. The van der Waals surface area contributed by atoms with Gasteiger partial charge in [-0.05, 0) is 43.2 Å². The van der Waals surface area contributed by atoms with Crippen molar-refractivity contribution >= 4 is 43.2 Å². The van der Waals surface area contributed by atoms with Crippen molar-refractivity contribution in [3.05, 3.63) is 59.4 Å². The maximum absolute atomic E-state index is 13.6. The zero-order valence-corrected chi connectivity index (χ0v) is 20.6. The molecule has 0 saturated heterocycles. The van der Waals surface area contributed by atoms with Gasteiger partial charge in [0, 0.05) is 17.6 Å². The second-order valence-electron chi connectivity index (χ2n) is 8.89. The highest BCUT2D eigenvalue weighted by atomic mass is 32.2. The number of carbonyl (C=O) groups is 1. The van der Waals surface area contributed by atoms with Crippen LogP contribution in [0.2, 0.25) is 0 Å². The molecule has 0 radical (unpaired) electrons. The summed E-state index contributed by atoms with van der Waals surface area (Å²) in [7, 11) is -7.99. The molecule has 0 bridgehead atoms. The lowest BCUT2D eigenvalue weighted by Crippen LogP contribution is -2.49. The van der Waals surface area contributed by atoms with Gasteiger partial charge < -0.3 is 15.3 Å². The number of benzene rings is 1. The van der Waals surface area contributed by atoms with Crippen LogP contribution < -0.4 is 10.0 Å². The van der Waals surface area contributed by atoms with E-state index < -0.39 is 37.7 Å². The van der Waals surface area contributed by atoms with E-state index in [1.165, 1.54) is 29.2 Å². The molecular formula is C22H22FN5O6S2. The smallest absolute Gasteiger partial charge is 0.286 e. The summed E-state index contributed by atoms with van der Waals surface area (Å²) in [6, 6.07) is 6.21. The lowest BCUT2D eigenvalue weighted by Gasteiger charge is -2.38. The van der Waals surface area contributed by atoms with Crippen molar-refractivity contribution in [2.24, 2.45) is 10.3 Å². The van der Waals surface area contributed by atoms with Gasteiger partial charge in [0.05, 0.1) is 30.4 Å². The average Bonchev–Trinajstić information content (AvgIpc) is 3.27. The van der Waals surface area contributed by atoms with Crippen LogP contribution in [0, 0.1) is 11.7 Å². The van der Waals surface area contributed by atoms with Gasteiger partial charge in [-0.3, -0.25) is 14.5 Å². The monoisotopic (exact) mass is 535 g/mol. The summed E-state index contributed by atoms with van der Waals surface area (Å²) in [5, 5.41) is 13.9. The number of amidine groups is 1. The van der Waals surface area contributed by atoms with Crippen molar-refractivity contribution < 1.29 is 31.1 Å². The third-order valence-corrected chi connectivity index (χ3v) is 8.27. The Hall–Kier alpha value is -3.52. The molecule has 1 aromatic carbocycles. The van der Waals surface area contributed by atoms with Gasteiger partial charge in [-0.1, -0.05) is 6.42 Å². The van der Waals surface area contributed by atoms with Crippen LogP contribution in [0.15, 0.2) is 57.2 Å². The molecular weight excluding hydrogens is 513 g/mol. The van der Waals surface area contributed by atoms with Crippen molar-refractivity contribution in [3.8, 4) is 0 Å². The van der Waals surface area contributed by atoms with Crippen LogP contribution in [0.25, 0.3) is 0 Å². The molecule has 11 nitrogen and oxygen atoms in total. The van der Waals surface area contributed by atoms with E-state index in [2.05, 4.69) is 19.4 Å². The number of anilines is 2. The van der Waals surface area contributed by atoms with Gasteiger partial charge in [-0.15, -0.1) is 4.40 Å². The van der Waals surface area contributed by atoms with Crippen LogP contribution in [-0.2, 0) is 31.4 Å². The van der Waals surface area contributed by atoms with E-state index in [1.807, 2.05) is 0 Å². The fourth-order valence-electron chi connectivity index (χ4n) is 4.85. The topological polar surface area (TPSA) is 158 Å². The summed E-state index contributed by atoms with van der Waals surface area (Å²) in [6.07, 6.45) is 3.98. The number of pyridine rings is 1. The highest BCUT2D eigenvalue weighted by Crippen LogP contribution is 2.42. The molecule has 5 rings (SSSR count). The standard InChI is InChI=1S/C22H22FN5O6S2/c1-35(31,32)26-13-7-8-16-18(9-13)36(33,34)27-21(25-16)19-20(29)15-3-2-4-17(15)28(22(19)30)11-14-6-5-12(23)10-24-14/h5-10,15,17,26,29H,2-4,11H2,1H3,(H,25,27). The number of aromatic nitrogens is 1. The lowest BCUT2D eigenvalue weighted by atomic mass is 9.90. The first-order valence-electron chi connectivity index (χ1n) is 11.0. The van der Waals surface area contributed by atoms with Crippen LogP contribution in [0.4, 0.5) is 15.8 Å². The zero-order valence-electron chi connectivity index (χ0n) is 19.0. The van der Waals surface area contributed by atoms with Gasteiger partial charge in [-0.25, -0.2) is 12.8 Å². The lowest BCUT2D eigenvalue weighted by molar-refractivity contribution is -0.132. The fourth-order valence-corrected chi connectivity index (χ4v) is 6.56. The summed E-state index contributed by atoms with van der Waals surface area (Å²) in [5.41, 5.74) is 0.293. The first-order chi connectivity index (χ1) is 16.9. The predicted molar refractivity (Wildman–Crippen MR) is 129 cm³/mol. The van der Waals surface area contributed by atoms with Gasteiger partial charge in [0.15, 0.2) is 5.84 Å². The van der Waals surface area contributed by atoms with E-state index in [0.717, 1.165) is 24.9 Å².